The van der Waals surface area contributed by atoms with Crippen LogP contribution < -0.4 is 24.0 Å². The van der Waals surface area contributed by atoms with Gasteiger partial charge in [-0.25, -0.2) is 0 Å². The molecule has 0 aromatic heterocycles. The third-order valence-corrected chi connectivity index (χ3v) is 8.02. The van der Waals surface area contributed by atoms with Gasteiger partial charge >= 0.3 is 0 Å². The molecule has 2 fully saturated rings. The minimum absolute atomic E-state index is 0.125. The molecule has 3 aliphatic heterocycles. The van der Waals surface area contributed by atoms with Gasteiger partial charge in [0.1, 0.15) is 5.75 Å². The number of anilines is 1. The van der Waals surface area contributed by atoms with Crippen molar-refractivity contribution in [3.05, 3.63) is 47.5 Å². The Labute approximate surface area is 184 Å². The summed E-state index contributed by atoms with van der Waals surface area (Å²) in [7, 11) is 4.20. The number of quaternary nitrogens is 1. The highest BCUT2D eigenvalue weighted by Crippen LogP contribution is 2.54. The number of ether oxygens (including phenoxy) is 3. The molecule has 0 spiro atoms. The van der Waals surface area contributed by atoms with E-state index in [4.69, 9.17) is 14.2 Å². The van der Waals surface area contributed by atoms with E-state index in [1.54, 1.807) is 4.90 Å². The third kappa shape index (κ3) is 3.00. The predicted octanol–water partition coefficient (Wildman–Crippen LogP) is 3.57. The van der Waals surface area contributed by atoms with Crippen LogP contribution in [0.15, 0.2) is 36.4 Å². The predicted molar refractivity (Wildman–Crippen MR) is 120 cm³/mol. The monoisotopic (exact) mass is 421 g/mol. The first kappa shape index (κ1) is 19.3. The maximum Gasteiger partial charge on any atom is 0.245 e. The minimum Gasteiger partial charge on any atom is -0.454 e. The summed E-state index contributed by atoms with van der Waals surface area (Å²) in [6.07, 6.45) is 7.53. The van der Waals surface area contributed by atoms with Crippen molar-refractivity contribution in [1.82, 2.24) is 0 Å². The number of fused-ring (bicyclic) bond motifs is 3. The van der Waals surface area contributed by atoms with Crippen molar-refractivity contribution in [2.24, 2.45) is 5.92 Å². The highest BCUT2D eigenvalue weighted by Gasteiger charge is 2.58. The summed E-state index contributed by atoms with van der Waals surface area (Å²) < 4.78 is 18.6. The zero-order valence-corrected chi connectivity index (χ0v) is 18.7. The normalized spacial score (nSPS) is 29.2. The van der Waals surface area contributed by atoms with Gasteiger partial charge in [-0.3, -0.25) is 4.90 Å². The van der Waals surface area contributed by atoms with Crippen LogP contribution in [0.2, 0.25) is 0 Å². The molecule has 1 N–H and O–H groups in total. The number of hydrogen-bond acceptors (Lipinski definition) is 4. The van der Waals surface area contributed by atoms with Gasteiger partial charge in [0.05, 0.1) is 19.0 Å². The van der Waals surface area contributed by atoms with Crippen LogP contribution >= 0.6 is 0 Å². The number of hydrogen-bond donors (Lipinski definition) is 1. The highest BCUT2D eigenvalue weighted by atomic mass is 16.7. The van der Waals surface area contributed by atoms with Gasteiger partial charge in [-0.15, -0.1) is 0 Å². The Morgan fingerprint density at radius 3 is 2.39 bits per heavy atom. The van der Waals surface area contributed by atoms with E-state index >= 15 is 0 Å². The SMILES string of the molecule is CN(C)c1ccc([C@@H]2c3cc4c(cc3O[C@@]3([NH+]5CCCC5)CCCC[C@H]23)OCO4)cc1. The lowest BCUT2D eigenvalue weighted by molar-refractivity contribution is -0.971. The molecule has 2 aromatic rings. The molecule has 0 bridgehead atoms. The Kier molecular flexibility index (Phi) is 4.57. The molecule has 0 radical (unpaired) electrons. The van der Waals surface area contributed by atoms with E-state index in [9.17, 15) is 0 Å². The van der Waals surface area contributed by atoms with Crippen LogP contribution in [0.4, 0.5) is 5.69 Å². The zero-order chi connectivity index (χ0) is 21.0. The highest BCUT2D eigenvalue weighted by molar-refractivity contribution is 5.57. The third-order valence-electron chi connectivity index (χ3n) is 8.02. The van der Waals surface area contributed by atoms with Crippen LogP contribution in [0.3, 0.4) is 0 Å². The summed E-state index contributed by atoms with van der Waals surface area (Å²) in [5.41, 5.74) is 3.77. The number of nitrogens with zero attached hydrogens (tertiary/aromatic N) is 1. The lowest BCUT2D eigenvalue weighted by Crippen LogP contribution is -3.21. The lowest BCUT2D eigenvalue weighted by Gasteiger charge is -2.52. The Balaban J connectivity index is 1.51. The molecule has 4 aliphatic rings. The molecule has 5 heteroatoms. The average molecular weight is 422 g/mol. The number of rotatable bonds is 3. The van der Waals surface area contributed by atoms with Gasteiger partial charge in [0.15, 0.2) is 11.5 Å². The van der Waals surface area contributed by atoms with E-state index in [2.05, 4.69) is 55.4 Å². The fourth-order valence-corrected chi connectivity index (χ4v) is 6.54. The van der Waals surface area contributed by atoms with Crippen molar-refractivity contribution >= 4 is 5.69 Å². The molecule has 5 nitrogen and oxygen atoms in total. The van der Waals surface area contributed by atoms with Gasteiger partial charge in [-0.2, -0.15) is 0 Å². The molecule has 0 amide bonds. The lowest BCUT2D eigenvalue weighted by atomic mass is 9.66. The van der Waals surface area contributed by atoms with Crippen molar-refractivity contribution in [1.29, 1.82) is 0 Å². The van der Waals surface area contributed by atoms with Gasteiger partial charge < -0.3 is 19.1 Å². The van der Waals surface area contributed by atoms with Crippen molar-refractivity contribution < 1.29 is 19.1 Å². The second kappa shape index (κ2) is 7.33. The largest absolute Gasteiger partial charge is 0.454 e. The van der Waals surface area contributed by atoms with E-state index in [1.165, 1.54) is 62.0 Å². The first-order chi connectivity index (χ1) is 15.2. The van der Waals surface area contributed by atoms with E-state index in [-0.39, 0.29) is 5.72 Å². The van der Waals surface area contributed by atoms with Crippen LogP contribution in [0.25, 0.3) is 0 Å². The van der Waals surface area contributed by atoms with E-state index in [0.29, 0.717) is 18.6 Å². The van der Waals surface area contributed by atoms with Crippen LogP contribution in [-0.4, -0.2) is 39.7 Å². The van der Waals surface area contributed by atoms with E-state index < -0.39 is 0 Å². The number of likely N-dealkylation sites (tertiary alicyclic amines) is 1. The summed E-state index contributed by atoms with van der Waals surface area (Å²) in [6.45, 7) is 2.75. The van der Waals surface area contributed by atoms with Gasteiger partial charge in [-0.05, 0) is 36.6 Å². The summed E-state index contributed by atoms with van der Waals surface area (Å²) in [4.78, 5) is 3.83. The maximum atomic E-state index is 7.07. The number of nitrogens with one attached hydrogen (secondary N) is 1. The van der Waals surface area contributed by atoms with Gasteiger partial charge in [-0.1, -0.05) is 18.6 Å². The van der Waals surface area contributed by atoms with Crippen LogP contribution in [-0.2, 0) is 0 Å². The Bertz CT molecular complexity index is 967. The topological polar surface area (TPSA) is 35.4 Å². The van der Waals surface area contributed by atoms with E-state index in [1.807, 2.05) is 0 Å². The standard InChI is InChI=1S/C26H32N2O3/c1-27(2)19-10-8-18(9-11-19)25-20-15-23-24(30-17-29-23)16-22(20)31-26(28-13-5-6-14-28)12-4-3-7-21(25)26/h8-11,15-16,21,25H,3-7,12-14,17H2,1-2H3/p+1/t21-,25-,26+/m1/s1. The summed E-state index contributed by atoms with van der Waals surface area (Å²) in [5.74, 6) is 3.48. The molecule has 6 rings (SSSR count). The molecule has 2 aromatic carbocycles. The van der Waals surface area contributed by atoms with Crippen molar-refractivity contribution in [2.75, 3.05) is 38.9 Å². The molecule has 31 heavy (non-hydrogen) atoms. The Hall–Kier alpha value is -2.40. The summed E-state index contributed by atoms with van der Waals surface area (Å²) in [6, 6.07) is 13.5. The molecule has 3 heterocycles. The molecule has 1 saturated heterocycles. The molecular weight excluding hydrogens is 388 g/mol. The molecule has 164 valence electrons. The van der Waals surface area contributed by atoms with Gasteiger partial charge in [0, 0.05) is 56.6 Å². The quantitative estimate of drug-likeness (QED) is 0.822. The van der Waals surface area contributed by atoms with Crippen molar-refractivity contribution in [2.45, 2.75) is 50.2 Å². The second-order valence-corrected chi connectivity index (χ2v) is 9.86. The van der Waals surface area contributed by atoms with Crippen LogP contribution in [0, 0.1) is 5.92 Å². The minimum atomic E-state index is -0.125. The fraction of sp³-hybridized carbons (Fsp3) is 0.538. The Morgan fingerprint density at radius 2 is 1.65 bits per heavy atom. The van der Waals surface area contributed by atoms with Crippen molar-refractivity contribution in [3.63, 3.8) is 0 Å². The molecule has 1 saturated carbocycles. The Morgan fingerprint density at radius 1 is 0.903 bits per heavy atom. The van der Waals surface area contributed by atoms with Crippen LogP contribution in [0.5, 0.6) is 17.2 Å². The first-order valence-electron chi connectivity index (χ1n) is 11.9. The van der Waals surface area contributed by atoms with Gasteiger partial charge in [0.25, 0.3) is 0 Å². The molecule has 3 atom stereocenters. The molecular formula is C26H33N2O3+. The maximum absolute atomic E-state index is 7.07. The average Bonchev–Trinajstić information content (AvgIpc) is 3.48. The molecule has 0 unspecified atom stereocenters. The summed E-state index contributed by atoms with van der Waals surface area (Å²) in [5, 5.41) is 0. The van der Waals surface area contributed by atoms with Crippen LogP contribution in [0.1, 0.15) is 55.6 Å². The molecule has 1 aliphatic carbocycles. The second-order valence-electron chi connectivity index (χ2n) is 9.86. The zero-order valence-electron chi connectivity index (χ0n) is 18.7. The van der Waals surface area contributed by atoms with E-state index in [0.717, 1.165) is 23.7 Å². The van der Waals surface area contributed by atoms with Crippen molar-refractivity contribution in [3.8, 4) is 17.2 Å². The van der Waals surface area contributed by atoms with Gasteiger partial charge in [0.2, 0.25) is 12.5 Å². The number of benzene rings is 2. The first-order valence-corrected chi connectivity index (χ1v) is 11.9. The summed E-state index contributed by atoms with van der Waals surface area (Å²) >= 11 is 0. The fourth-order valence-electron chi connectivity index (χ4n) is 6.54. The smallest absolute Gasteiger partial charge is 0.245 e.